The first-order chi connectivity index (χ1) is 14.2. The molecule has 1 aliphatic rings. The number of rotatable bonds is 7. The highest BCUT2D eigenvalue weighted by Crippen LogP contribution is 2.29. The van der Waals surface area contributed by atoms with Crippen LogP contribution in [0, 0.1) is 11.3 Å². The molecule has 30 heavy (non-hydrogen) atoms. The highest BCUT2D eigenvalue weighted by atomic mass is 32.2. The van der Waals surface area contributed by atoms with Crippen molar-refractivity contribution in [2.24, 2.45) is 0 Å². The number of nitriles is 1. The maximum absolute atomic E-state index is 12.2. The maximum Gasteiger partial charge on any atom is 0.335 e. The molecular weight excluding hydrogens is 404 g/mol. The zero-order valence-electron chi connectivity index (χ0n) is 16.8. The molecule has 2 atom stereocenters. The summed E-state index contributed by atoms with van der Waals surface area (Å²) in [6.07, 6.45) is 2.14. The fourth-order valence-corrected chi connectivity index (χ4v) is 4.42. The Morgan fingerprint density at radius 3 is 2.50 bits per heavy atom. The van der Waals surface area contributed by atoms with E-state index in [9.17, 15) is 18.5 Å². The zero-order valence-corrected chi connectivity index (χ0v) is 17.6. The number of benzene rings is 2. The van der Waals surface area contributed by atoms with Gasteiger partial charge in [0.05, 0.1) is 28.5 Å². The molecule has 0 radical (unpaired) electrons. The molecule has 1 fully saturated rings. The smallest absolute Gasteiger partial charge is 0.335 e. The predicted octanol–water partition coefficient (Wildman–Crippen LogP) is 3.55. The van der Waals surface area contributed by atoms with Gasteiger partial charge in [-0.3, -0.25) is 0 Å². The van der Waals surface area contributed by atoms with Crippen LogP contribution in [0.2, 0.25) is 0 Å². The zero-order chi connectivity index (χ0) is 21.9. The monoisotopic (exact) mass is 428 g/mol. The molecule has 0 heterocycles. The summed E-state index contributed by atoms with van der Waals surface area (Å²) in [5, 5.41) is 18.0. The first-order valence-electron chi connectivity index (χ1n) is 9.77. The van der Waals surface area contributed by atoms with Crippen LogP contribution in [0.3, 0.4) is 0 Å². The highest BCUT2D eigenvalue weighted by Gasteiger charge is 2.33. The Kier molecular flexibility index (Phi) is 6.44. The lowest BCUT2D eigenvalue weighted by Gasteiger charge is -2.23. The van der Waals surface area contributed by atoms with Crippen molar-refractivity contribution in [3.63, 3.8) is 0 Å². The van der Waals surface area contributed by atoms with Crippen LogP contribution in [0.25, 0.3) is 11.1 Å². The van der Waals surface area contributed by atoms with Crippen molar-refractivity contribution in [2.75, 3.05) is 0 Å². The Bertz CT molecular complexity index is 1070. The van der Waals surface area contributed by atoms with Crippen molar-refractivity contribution >= 4 is 16.0 Å². The Balaban J connectivity index is 1.75. The number of hydrogen-bond donors (Lipinski definition) is 2. The Hall–Kier alpha value is -2.89. The summed E-state index contributed by atoms with van der Waals surface area (Å²) in [4.78, 5) is 11.1. The van der Waals surface area contributed by atoms with Gasteiger partial charge in [-0.1, -0.05) is 18.2 Å². The average Bonchev–Trinajstić information content (AvgIpc) is 3.13. The Labute approximate surface area is 176 Å². The van der Waals surface area contributed by atoms with Crippen LogP contribution in [0.4, 0.5) is 0 Å². The fraction of sp³-hybridized carbons (Fsp3) is 0.364. The fourth-order valence-electron chi connectivity index (χ4n) is 3.46. The number of hydrogen-bond acceptors (Lipinski definition) is 5. The van der Waals surface area contributed by atoms with Gasteiger partial charge in [0.1, 0.15) is 11.9 Å². The normalized spacial score (nSPS) is 18.9. The van der Waals surface area contributed by atoms with Gasteiger partial charge in [0.2, 0.25) is 10.0 Å². The van der Waals surface area contributed by atoms with Crippen LogP contribution in [-0.2, 0) is 10.0 Å². The van der Waals surface area contributed by atoms with E-state index in [2.05, 4.69) is 4.72 Å². The number of carboxylic acids is 1. The summed E-state index contributed by atoms with van der Waals surface area (Å²) in [6, 6.07) is 13.4. The van der Waals surface area contributed by atoms with E-state index in [1.807, 2.05) is 6.07 Å². The molecule has 0 aromatic heterocycles. The average molecular weight is 429 g/mol. The third-order valence-electron chi connectivity index (χ3n) is 5.23. The quantitative estimate of drug-likeness (QED) is 0.697. The van der Waals surface area contributed by atoms with Crippen LogP contribution >= 0.6 is 0 Å². The summed E-state index contributed by atoms with van der Waals surface area (Å²) in [7, 11) is -3.37. The van der Waals surface area contributed by atoms with E-state index in [1.165, 1.54) is 12.1 Å². The molecule has 3 rings (SSSR count). The van der Waals surface area contributed by atoms with E-state index in [-0.39, 0.29) is 23.3 Å². The molecule has 0 aliphatic heterocycles. The number of nitrogens with one attached hydrogen (secondary N) is 1. The van der Waals surface area contributed by atoms with E-state index in [4.69, 9.17) is 9.84 Å². The van der Waals surface area contributed by atoms with E-state index in [0.717, 1.165) is 24.8 Å². The summed E-state index contributed by atoms with van der Waals surface area (Å²) in [5.74, 6) is -0.471. The number of carbonyl (C=O) groups is 1. The lowest BCUT2D eigenvalue weighted by Crippen LogP contribution is -2.44. The molecule has 0 saturated heterocycles. The lowest BCUT2D eigenvalue weighted by atomic mass is 9.98. The van der Waals surface area contributed by atoms with Crippen molar-refractivity contribution in [1.82, 2.24) is 4.72 Å². The highest BCUT2D eigenvalue weighted by molar-refractivity contribution is 7.90. The number of nitrogens with zero attached hydrogens (tertiary/aromatic N) is 1. The third-order valence-corrected chi connectivity index (χ3v) is 7.10. The van der Waals surface area contributed by atoms with Crippen molar-refractivity contribution in [3.05, 3.63) is 53.6 Å². The molecule has 2 unspecified atom stereocenters. The molecule has 2 aromatic rings. The second-order valence-corrected chi connectivity index (χ2v) is 9.88. The van der Waals surface area contributed by atoms with E-state index >= 15 is 0 Å². The van der Waals surface area contributed by atoms with Crippen molar-refractivity contribution in [3.8, 4) is 22.9 Å². The molecule has 1 aliphatic carbocycles. The van der Waals surface area contributed by atoms with Gasteiger partial charge in [-0.05, 0) is 68.5 Å². The number of carboxylic acid groups (broad SMARTS) is 1. The van der Waals surface area contributed by atoms with Crippen LogP contribution in [0.5, 0.6) is 5.75 Å². The van der Waals surface area contributed by atoms with Gasteiger partial charge in [0, 0.05) is 0 Å². The standard InChI is InChI=1S/C22H24N2O5S/c1-14(2)30(27,28)24-20-4-3-5-21(20)29-18-9-6-15(7-10-18)19-11-8-16(22(25)26)12-17(19)13-23/h6-12,14,20-21,24H,3-5H2,1-2H3,(H,25,26). The van der Waals surface area contributed by atoms with E-state index < -0.39 is 21.2 Å². The predicted molar refractivity (Wildman–Crippen MR) is 113 cm³/mol. The second-order valence-electron chi connectivity index (χ2n) is 7.61. The minimum atomic E-state index is -3.37. The van der Waals surface area contributed by atoms with Crippen LogP contribution in [0.1, 0.15) is 49.0 Å². The van der Waals surface area contributed by atoms with Crippen LogP contribution < -0.4 is 9.46 Å². The maximum atomic E-state index is 12.2. The molecule has 0 bridgehead atoms. The molecule has 7 nitrogen and oxygen atoms in total. The molecular formula is C22H24N2O5S. The summed E-state index contributed by atoms with van der Waals surface area (Å²) >= 11 is 0. The number of ether oxygens (including phenoxy) is 1. The van der Waals surface area contributed by atoms with Gasteiger partial charge in [0.25, 0.3) is 0 Å². The van der Waals surface area contributed by atoms with E-state index in [1.54, 1.807) is 44.2 Å². The lowest BCUT2D eigenvalue weighted by molar-refractivity contribution is 0.0697. The van der Waals surface area contributed by atoms with Crippen molar-refractivity contribution in [2.45, 2.75) is 50.5 Å². The van der Waals surface area contributed by atoms with Gasteiger partial charge in [-0.15, -0.1) is 0 Å². The molecule has 2 aromatic carbocycles. The van der Waals surface area contributed by atoms with Gasteiger partial charge < -0.3 is 9.84 Å². The third kappa shape index (κ3) is 4.81. The molecule has 0 spiro atoms. The Morgan fingerprint density at radius 2 is 1.90 bits per heavy atom. The minimum absolute atomic E-state index is 0.0615. The second kappa shape index (κ2) is 8.86. The van der Waals surface area contributed by atoms with E-state index in [0.29, 0.717) is 11.3 Å². The van der Waals surface area contributed by atoms with Crippen LogP contribution in [-0.4, -0.2) is 36.9 Å². The molecule has 2 N–H and O–H groups in total. The first kappa shape index (κ1) is 21.8. The summed E-state index contributed by atoms with van der Waals surface area (Å²) < 4.78 is 33.2. The molecule has 8 heteroatoms. The molecule has 0 amide bonds. The topological polar surface area (TPSA) is 116 Å². The summed E-state index contributed by atoms with van der Waals surface area (Å²) in [6.45, 7) is 3.29. The van der Waals surface area contributed by atoms with Crippen molar-refractivity contribution < 1.29 is 23.1 Å². The SMILES string of the molecule is CC(C)S(=O)(=O)NC1CCCC1Oc1ccc(-c2ccc(C(=O)O)cc2C#N)cc1. The van der Waals surface area contributed by atoms with Crippen LogP contribution in [0.15, 0.2) is 42.5 Å². The molecule has 1 saturated carbocycles. The van der Waals surface area contributed by atoms with Crippen molar-refractivity contribution in [1.29, 1.82) is 5.26 Å². The largest absolute Gasteiger partial charge is 0.489 e. The van der Waals surface area contributed by atoms with Gasteiger partial charge >= 0.3 is 5.97 Å². The first-order valence-corrected chi connectivity index (χ1v) is 11.3. The Morgan fingerprint density at radius 1 is 1.20 bits per heavy atom. The number of sulfonamides is 1. The minimum Gasteiger partial charge on any atom is -0.489 e. The van der Waals surface area contributed by atoms with Gasteiger partial charge in [-0.2, -0.15) is 5.26 Å². The van der Waals surface area contributed by atoms with Gasteiger partial charge in [-0.25, -0.2) is 17.9 Å². The number of aromatic carboxylic acids is 1. The summed E-state index contributed by atoms with van der Waals surface area (Å²) in [5.41, 5.74) is 1.74. The van der Waals surface area contributed by atoms with Gasteiger partial charge in [0.15, 0.2) is 0 Å². The molecule has 158 valence electrons.